The molecule has 0 saturated heterocycles. The van der Waals surface area contributed by atoms with E-state index >= 15 is 0 Å². The van der Waals surface area contributed by atoms with Gasteiger partial charge in [0.15, 0.2) is 0 Å². The van der Waals surface area contributed by atoms with Gasteiger partial charge in [0, 0.05) is 17.7 Å². The number of unbranched alkanes of at least 4 members (excludes halogenated alkanes) is 2. The molecule has 0 saturated carbocycles. The molecule has 2 nitrogen and oxygen atoms in total. The summed E-state index contributed by atoms with van der Waals surface area (Å²) < 4.78 is 44.1. The Kier molecular flexibility index (Phi) is 9.08. The lowest BCUT2D eigenvalue weighted by Crippen LogP contribution is -2.22. The Morgan fingerprint density at radius 1 is 0.824 bits per heavy atom. The smallest absolute Gasteiger partial charge is 0.243 e. The number of benzene rings is 3. The van der Waals surface area contributed by atoms with Crippen LogP contribution in [0.3, 0.4) is 0 Å². The van der Waals surface area contributed by atoms with E-state index in [1.165, 1.54) is 24.5 Å². The van der Waals surface area contributed by atoms with Gasteiger partial charge in [0.2, 0.25) is 5.91 Å². The molecule has 3 aromatic rings. The van der Waals surface area contributed by atoms with Crippen LogP contribution in [0.1, 0.15) is 43.7 Å². The fourth-order valence-corrected chi connectivity index (χ4v) is 3.92. The first-order valence-corrected chi connectivity index (χ1v) is 11.7. The highest BCUT2D eigenvalue weighted by atomic mass is 19.1. The minimum absolute atomic E-state index is 0.0762. The molecule has 0 aliphatic rings. The molecular weight excluding hydrogens is 435 g/mol. The Hall–Kier alpha value is -3.34. The van der Waals surface area contributed by atoms with E-state index in [4.69, 9.17) is 0 Å². The highest BCUT2D eigenvalue weighted by molar-refractivity contribution is 5.86. The number of amides is 1. The molecule has 0 atom stereocenters. The van der Waals surface area contributed by atoms with Crippen LogP contribution in [0.25, 0.3) is 22.3 Å². The molecule has 0 aliphatic carbocycles. The maximum absolute atomic E-state index is 14.9. The van der Waals surface area contributed by atoms with Gasteiger partial charge in [-0.1, -0.05) is 62.7 Å². The normalized spacial score (nSPS) is 10.8. The molecule has 0 aliphatic heterocycles. The number of carbonyl (C=O) groups is 1. The molecule has 0 unspecified atom stereocenters. The van der Waals surface area contributed by atoms with Crippen molar-refractivity contribution in [2.45, 2.75) is 45.4 Å². The largest absolute Gasteiger partial charge is 0.353 e. The van der Waals surface area contributed by atoms with Crippen molar-refractivity contribution in [3.8, 4) is 22.3 Å². The maximum Gasteiger partial charge on any atom is 0.243 e. The summed E-state index contributed by atoms with van der Waals surface area (Å²) in [5.41, 5.74) is 3.06. The van der Waals surface area contributed by atoms with Gasteiger partial charge in [0.05, 0.1) is 0 Å². The van der Waals surface area contributed by atoms with Gasteiger partial charge < -0.3 is 5.32 Å². The molecule has 1 amide bonds. The van der Waals surface area contributed by atoms with Crippen LogP contribution < -0.4 is 5.32 Å². The SMILES string of the molecule is C=CC(=O)NCCCc1c(F)cc(-c2ccc(-c3ccc(CCCCC)cc3)cc2F)cc1F. The molecule has 5 heteroatoms. The molecule has 178 valence electrons. The molecule has 0 aromatic heterocycles. The quantitative estimate of drug-likeness (QED) is 0.232. The summed E-state index contributed by atoms with van der Waals surface area (Å²) in [5, 5.41) is 2.57. The maximum atomic E-state index is 14.9. The summed E-state index contributed by atoms with van der Waals surface area (Å²) in [4.78, 5) is 11.2. The molecular formula is C29H30F3NO. The second kappa shape index (κ2) is 12.2. The number of hydrogen-bond acceptors (Lipinski definition) is 1. The van der Waals surface area contributed by atoms with Gasteiger partial charge in [-0.3, -0.25) is 4.79 Å². The number of rotatable bonds is 11. The Morgan fingerprint density at radius 3 is 2.09 bits per heavy atom. The van der Waals surface area contributed by atoms with Crippen LogP contribution in [0.15, 0.2) is 67.3 Å². The lowest BCUT2D eigenvalue weighted by molar-refractivity contribution is -0.116. The van der Waals surface area contributed by atoms with Gasteiger partial charge in [0.25, 0.3) is 0 Å². The lowest BCUT2D eigenvalue weighted by atomic mass is 9.96. The standard InChI is InChI=1S/C29H30F3NO/c1-3-5-6-8-20-10-12-21(13-11-20)22-14-15-24(26(30)17-22)23-18-27(31)25(28(32)19-23)9-7-16-33-29(34)4-2/h4,10-15,17-19H,2-3,5-9,16H2,1H3,(H,33,34). The van der Waals surface area contributed by atoms with Crippen molar-refractivity contribution in [1.29, 1.82) is 0 Å². The Morgan fingerprint density at radius 2 is 1.47 bits per heavy atom. The summed E-state index contributed by atoms with van der Waals surface area (Å²) in [6.07, 6.45) is 6.17. The van der Waals surface area contributed by atoms with Crippen LogP contribution in [0.5, 0.6) is 0 Å². The van der Waals surface area contributed by atoms with E-state index in [2.05, 4.69) is 31.0 Å². The Balaban J connectivity index is 1.72. The van der Waals surface area contributed by atoms with Crippen LogP contribution in [0.2, 0.25) is 0 Å². The predicted molar refractivity (Wildman–Crippen MR) is 132 cm³/mol. The summed E-state index contributed by atoms with van der Waals surface area (Å²) in [6.45, 7) is 5.80. The fraction of sp³-hybridized carbons (Fsp3) is 0.276. The van der Waals surface area contributed by atoms with Gasteiger partial charge in [0.1, 0.15) is 17.5 Å². The molecule has 0 radical (unpaired) electrons. The highest BCUT2D eigenvalue weighted by Crippen LogP contribution is 2.30. The van der Waals surface area contributed by atoms with E-state index in [0.717, 1.165) is 36.6 Å². The third-order valence-corrected chi connectivity index (χ3v) is 5.87. The second-order valence-electron chi connectivity index (χ2n) is 8.37. The van der Waals surface area contributed by atoms with E-state index in [1.54, 1.807) is 12.1 Å². The van der Waals surface area contributed by atoms with Gasteiger partial charge in [-0.25, -0.2) is 13.2 Å². The Bertz CT molecular complexity index is 1120. The monoisotopic (exact) mass is 465 g/mol. The first-order valence-electron chi connectivity index (χ1n) is 11.7. The van der Waals surface area contributed by atoms with E-state index < -0.39 is 17.5 Å². The van der Waals surface area contributed by atoms with Gasteiger partial charge >= 0.3 is 0 Å². The number of halogens is 3. The van der Waals surface area contributed by atoms with Crippen LogP contribution in [0, 0.1) is 17.5 Å². The highest BCUT2D eigenvalue weighted by Gasteiger charge is 2.15. The molecule has 0 bridgehead atoms. The number of hydrogen-bond donors (Lipinski definition) is 1. The number of nitrogens with one attached hydrogen (secondary N) is 1. The molecule has 0 fully saturated rings. The van der Waals surface area contributed by atoms with Crippen molar-refractivity contribution in [3.05, 3.63) is 95.8 Å². The van der Waals surface area contributed by atoms with Crippen LogP contribution in [0.4, 0.5) is 13.2 Å². The van der Waals surface area contributed by atoms with Gasteiger partial charge in [-0.2, -0.15) is 0 Å². The summed E-state index contributed by atoms with van der Waals surface area (Å²) in [5.74, 6) is -2.33. The van der Waals surface area contributed by atoms with E-state index in [1.807, 2.05) is 12.1 Å². The predicted octanol–water partition coefficient (Wildman–Crippen LogP) is 7.41. The molecule has 34 heavy (non-hydrogen) atoms. The summed E-state index contributed by atoms with van der Waals surface area (Å²) in [6, 6.07) is 15.1. The number of carbonyl (C=O) groups excluding carboxylic acids is 1. The lowest BCUT2D eigenvalue weighted by Gasteiger charge is -2.11. The zero-order valence-electron chi connectivity index (χ0n) is 19.5. The van der Waals surface area contributed by atoms with E-state index in [9.17, 15) is 18.0 Å². The van der Waals surface area contributed by atoms with Crippen LogP contribution in [-0.2, 0) is 17.6 Å². The zero-order valence-corrected chi connectivity index (χ0v) is 19.5. The van der Waals surface area contributed by atoms with E-state index in [-0.39, 0.29) is 35.6 Å². The van der Waals surface area contributed by atoms with Crippen LogP contribution >= 0.6 is 0 Å². The molecule has 3 rings (SSSR count). The van der Waals surface area contributed by atoms with Crippen molar-refractivity contribution in [3.63, 3.8) is 0 Å². The average Bonchev–Trinajstić information content (AvgIpc) is 2.83. The van der Waals surface area contributed by atoms with Crippen molar-refractivity contribution >= 4 is 5.91 Å². The second-order valence-corrected chi connectivity index (χ2v) is 8.37. The average molecular weight is 466 g/mol. The minimum Gasteiger partial charge on any atom is -0.353 e. The first-order chi connectivity index (χ1) is 16.4. The minimum atomic E-state index is -0.729. The van der Waals surface area contributed by atoms with Crippen molar-refractivity contribution in [2.24, 2.45) is 0 Å². The molecule has 0 spiro atoms. The van der Waals surface area contributed by atoms with Gasteiger partial charge in [-0.05, 0) is 72.2 Å². The van der Waals surface area contributed by atoms with Crippen LogP contribution in [-0.4, -0.2) is 12.5 Å². The topological polar surface area (TPSA) is 29.1 Å². The van der Waals surface area contributed by atoms with E-state index in [0.29, 0.717) is 12.0 Å². The number of aryl methyl sites for hydroxylation is 1. The van der Waals surface area contributed by atoms with Gasteiger partial charge in [-0.15, -0.1) is 0 Å². The first kappa shape index (κ1) is 25.3. The molecule has 3 aromatic carbocycles. The van der Waals surface area contributed by atoms with Crippen molar-refractivity contribution in [1.82, 2.24) is 5.32 Å². The zero-order chi connectivity index (χ0) is 24.5. The molecule has 0 heterocycles. The third kappa shape index (κ3) is 6.60. The third-order valence-electron chi connectivity index (χ3n) is 5.87. The molecule has 1 N–H and O–H groups in total. The van der Waals surface area contributed by atoms with Crippen molar-refractivity contribution < 1.29 is 18.0 Å². The van der Waals surface area contributed by atoms with Crippen molar-refractivity contribution in [2.75, 3.05) is 6.54 Å². The summed E-state index contributed by atoms with van der Waals surface area (Å²) >= 11 is 0. The Labute approximate surface area is 199 Å². The summed E-state index contributed by atoms with van der Waals surface area (Å²) in [7, 11) is 0. The fourth-order valence-electron chi connectivity index (χ4n) is 3.92.